The van der Waals surface area contributed by atoms with E-state index in [1.807, 2.05) is 10.7 Å². The van der Waals surface area contributed by atoms with Gasteiger partial charge in [-0.3, -0.25) is 0 Å². The normalized spacial score (nSPS) is 15.8. The fraction of sp³-hybridized carbons (Fsp3) is 0.350. The van der Waals surface area contributed by atoms with Gasteiger partial charge in [0.2, 0.25) is 10.0 Å². The van der Waals surface area contributed by atoms with Gasteiger partial charge in [0.05, 0.1) is 11.9 Å². The number of anilines is 1. The Balaban J connectivity index is 1.59. The quantitative estimate of drug-likeness (QED) is 0.578. The Hall–Kier alpha value is -2.10. The maximum atomic E-state index is 11.7. The van der Waals surface area contributed by atoms with Crippen LogP contribution < -0.4 is 4.90 Å². The Morgan fingerprint density at radius 1 is 0.897 bits per heavy atom. The second-order valence-corrected chi connectivity index (χ2v) is 10.1. The molecule has 4 rings (SSSR count). The first-order chi connectivity index (χ1) is 13.7. The van der Waals surface area contributed by atoms with Crippen molar-refractivity contribution in [2.45, 2.75) is 13.8 Å². The highest BCUT2D eigenvalue weighted by molar-refractivity contribution is 9.10. The number of hydrogen-bond acceptors (Lipinski definition) is 4. The van der Waals surface area contributed by atoms with E-state index < -0.39 is 10.0 Å². The molecule has 3 heterocycles. The second-order valence-electron chi connectivity index (χ2n) is 7.35. The number of rotatable bonds is 4. The summed E-state index contributed by atoms with van der Waals surface area (Å²) in [6.45, 7) is 6.57. The van der Waals surface area contributed by atoms with Crippen LogP contribution in [-0.4, -0.2) is 59.5 Å². The third-order valence-electron chi connectivity index (χ3n) is 5.33. The molecule has 7 nitrogen and oxygen atoms in total. The first-order valence-corrected chi connectivity index (χ1v) is 12.1. The molecule has 1 fully saturated rings. The molecular formula is C20H24BrN5O2S. The monoisotopic (exact) mass is 477 g/mol. The van der Waals surface area contributed by atoms with Crippen molar-refractivity contribution in [1.29, 1.82) is 0 Å². The van der Waals surface area contributed by atoms with Crippen LogP contribution in [0.25, 0.3) is 11.5 Å². The van der Waals surface area contributed by atoms with Gasteiger partial charge in [-0.25, -0.2) is 13.1 Å². The lowest BCUT2D eigenvalue weighted by Gasteiger charge is -2.34. The number of piperazine rings is 1. The molecule has 0 unspecified atom stereocenters. The van der Waals surface area contributed by atoms with E-state index in [1.54, 1.807) is 0 Å². The van der Waals surface area contributed by atoms with Crippen LogP contribution in [0.2, 0.25) is 0 Å². The van der Waals surface area contributed by atoms with Crippen LogP contribution in [0, 0.1) is 13.8 Å². The summed E-state index contributed by atoms with van der Waals surface area (Å²) in [7, 11) is -3.12. The van der Waals surface area contributed by atoms with Crippen molar-refractivity contribution in [2.24, 2.45) is 0 Å². The van der Waals surface area contributed by atoms with Crippen LogP contribution in [-0.2, 0) is 10.0 Å². The molecule has 0 N–H and O–H groups in total. The summed E-state index contributed by atoms with van der Waals surface area (Å²) >= 11 is 3.51. The molecule has 0 saturated carbocycles. The van der Waals surface area contributed by atoms with E-state index in [9.17, 15) is 8.42 Å². The minimum absolute atomic E-state index is 0.517. The van der Waals surface area contributed by atoms with Crippen molar-refractivity contribution in [2.75, 3.05) is 37.3 Å². The van der Waals surface area contributed by atoms with Crippen LogP contribution in [0.15, 0.2) is 47.1 Å². The number of aromatic nitrogens is 3. The standard InChI is InChI=1S/C20H24BrN5O2S/c1-15-4-5-16(2)25(15)20-14-19(21)22-26(20)18-8-6-17(7-9-18)23-10-12-24(13-11-23)29(3,27)28/h4-9,14H,10-13H2,1-3H3. The van der Waals surface area contributed by atoms with E-state index in [2.05, 4.69) is 80.7 Å². The second kappa shape index (κ2) is 7.62. The van der Waals surface area contributed by atoms with Gasteiger partial charge in [0.1, 0.15) is 10.4 Å². The molecule has 1 aliphatic rings. The number of benzene rings is 1. The van der Waals surface area contributed by atoms with Crippen LogP contribution in [0.4, 0.5) is 5.69 Å². The highest BCUT2D eigenvalue weighted by Crippen LogP contribution is 2.25. The van der Waals surface area contributed by atoms with Crippen LogP contribution in [0.5, 0.6) is 0 Å². The minimum atomic E-state index is -3.12. The third-order valence-corrected chi connectivity index (χ3v) is 7.02. The molecule has 1 aromatic carbocycles. The van der Waals surface area contributed by atoms with Gasteiger partial charge >= 0.3 is 0 Å². The summed E-state index contributed by atoms with van der Waals surface area (Å²) in [5.41, 5.74) is 4.35. The number of aryl methyl sites for hydroxylation is 2. The molecule has 0 amide bonds. The van der Waals surface area contributed by atoms with E-state index in [-0.39, 0.29) is 0 Å². The molecule has 3 aromatic rings. The van der Waals surface area contributed by atoms with Gasteiger partial charge < -0.3 is 9.47 Å². The molecule has 0 radical (unpaired) electrons. The fourth-order valence-corrected chi connectivity index (χ4v) is 4.99. The molecule has 1 aliphatic heterocycles. The zero-order valence-corrected chi connectivity index (χ0v) is 19.1. The molecule has 0 spiro atoms. The maximum Gasteiger partial charge on any atom is 0.211 e. The van der Waals surface area contributed by atoms with E-state index in [1.165, 1.54) is 10.6 Å². The summed E-state index contributed by atoms with van der Waals surface area (Å²) in [5.74, 6) is 0.978. The molecule has 29 heavy (non-hydrogen) atoms. The molecule has 2 aromatic heterocycles. The number of nitrogens with zero attached hydrogens (tertiary/aromatic N) is 5. The zero-order valence-electron chi connectivity index (χ0n) is 16.7. The van der Waals surface area contributed by atoms with Gasteiger partial charge in [0.15, 0.2) is 0 Å². The highest BCUT2D eigenvalue weighted by Gasteiger charge is 2.23. The Morgan fingerprint density at radius 3 is 2.00 bits per heavy atom. The molecule has 0 bridgehead atoms. The summed E-state index contributed by atoms with van der Waals surface area (Å²) in [6, 6.07) is 14.4. The number of sulfonamides is 1. The summed E-state index contributed by atoms with van der Waals surface area (Å²) in [6.07, 6.45) is 1.27. The van der Waals surface area contributed by atoms with Crippen molar-refractivity contribution in [1.82, 2.24) is 18.7 Å². The summed E-state index contributed by atoms with van der Waals surface area (Å²) in [4.78, 5) is 2.21. The van der Waals surface area contributed by atoms with E-state index in [4.69, 9.17) is 0 Å². The lowest BCUT2D eigenvalue weighted by molar-refractivity contribution is 0.388. The number of hydrogen-bond donors (Lipinski definition) is 0. The number of halogens is 1. The van der Waals surface area contributed by atoms with Crippen molar-refractivity contribution in [3.05, 3.63) is 58.5 Å². The summed E-state index contributed by atoms with van der Waals surface area (Å²) in [5, 5.41) is 4.62. The topological polar surface area (TPSA) is 63.4 Å². The molecule has 1 saturated heterocycles. The summed E-state index contributed by atoms with van der Waals surface area (Å²) < 4.78 is 29.8. The molecule has 0 atom stereocenters. The van der Waals surface area contributed by atoms with Gasteiger partial charge in [0.25, 0.3) is 0 Å². The maximum absolute atomic E-state index is 11.7. The van der Waals surface area contributed by atoms with Crippen molar-refractivity contribution in [3.8, 4) is 11.5 Å². The molecule has 9 heteroatoms. The van der Waals surface area contributed by atoms with Crippen LogP contribution in [0.3, 0.4) is 0 Å². The van der Waals surface area contributed by atoms with Gasteiger partial charge in [0, 0.05) is 49.3 Å². The van der Waals surface area contributed by atoms with Crippen molar-refractivity contribution in [3.63, 3.8) is 0 Å². The predicted octanol–water partition coefficient (Wildman–Crippen LogP) is 3.12. The Kier molecular flexibility index (Phi) is 5.30. The van der Waals surface area contributed by atoms with E-state index in [0.717, 1.165) is 33.2 Å². The van der Waals surface area contributed by atoms with Gasteiger partial charge in [-0.05, 0) is 66.2 Å². The minimum Gasteiger partial charge on any atom is -0.369 e. The molecule has 154 valence electrons. The van der Waals surface area contributed by atoms with Crippen molar-refractivity contribution < 1.29 is 8.42 Å². The smallest absolute Gasteiger partial charge is 0.211 e. The van der Waals surface area contributed by atoms with Gasteiger partial charge in [-0.2, -0.15) is 9.40 Å². The Bertz CT molecular complexity index is 1110. The Morgan fingerprint density at radius 2 is 1.45 bits per heavy atom. The lowest BCUT2D eigenvalue weighted by Crippen LogP contribution is -2.48. The fourth-order valence-electron chi connectivity index (χ4n) is 3.80. The third kappa shape index (κ3) is 3.99. The van der Waals surface area contributed by atoms with E-state index in [0.29, 0.717) is 26.2 Å². The van der Waals surface area contributed by atoms with Crippen LogP contribution in [0.1, 0.15) is 11.4 Å². The van der Waals surface area contributed by atoms with Gasteiger partial charge in [-0.15, -0.1) is 0 Å². The first-order valence-electron chi connectivity index (χ1n) is 9.45. The Labute approximate surface area is 179 Å². The average molecular weight is 478 g/mol. The average Bonchev–Trinajstić information content (AvgIpc) is 3.22. The largest absolute Gasteiger partial charge is 0.369 e. The predicted molar refractivity (Wildman–Crippen MR) is 119 cm³/mol. The highest BCUT2D eigenvalue weighted by atomic mass is 79.9. The lowest BCUT2D eigenvalue weighted by atomic mass is 10.2. The molecule has 0 aliphatic carbocycles. The zero-order chi connectivity index (χ0) is 20.8. The van der Waals surface area contributed by atoms with Gasteiger partial charge in [-0.1, -0.05) is 0 Å². The van der Waals surface area contributed by atoms with Crippen molar-refractivity contribution >= 4 is 31.6 Å². The molecular weight excluding hydrogens is 454 g/mol. The SMILES string of the molecule is Cc1ccc(C)n1-c1cc(Br)nn1-c1ccc(N2CCN(S(C)(=O)=O)CC2)cc1. The van der Waals surface area contributed by atoms with Crippen LogP contribution >= 0.6 is 15.9 Å². The van der Waals surface area contributed by atoms with E-state index >= 15 is 0 Å². The first kappa shape index (κ1) is 20.2.